The van der Waals surface area contributed by atoms with Gasteiger partial charge < -0.3 is 0 Å². The Morgan fingerprint density at radius 1 is 0.923 bits per heavy atom. The standard InChI is InChI=1S/C12H20N.C9H13.C2H7Ge.Hf/c1-10-3-9-4-11(2,6-10)8-12(13,5-9)7-10;1-6-5-7(2)9(4)8(6)3;1-3-2;/h9,13H,3-8H2,1-2H3;6H,1-4H3;3H,1-2H3;/q-1;;;+1. The van der Waals surface area contributed by atoms with E-state index in [1.54, 1.807) is 16.7 Å². The van der Waals surface area contributed by atoms with Gasteiger partial charge in [-0.15, -0.1) is 0 Å². The fourth-order valence-corrected chi connectivity index (χ4v) is 48.5. The van der Waals surface area contributed by atoms with Gasteiger partial charge in [0.2, 0.25) is 0 Å². The molecular formula is C23H40GeHfN. The van der Waals surface area contributed by atoms with Crippen LogP contribution in [0.4, 0.5) is 0 Å². The van der Waals surface area contributed by atoms with Crippen molar-refractivity contribution in [2.45, 2.75) is 97.1 Å². The predicted octanol–water partition coefficient (Wildman–Crippen LogP) is 6.10. The van der Waals surface area contributed by atoms with Crippen LogP contribution in [0.5, 0.6) is 0 Å². The van der Waals surface area contributed by atoms with Crippen LogP contribution < -0.4 is 3.30 Å². The van der Waals surface area contributed by atoms with Crippen LogP contribution in [-0.4, -0.2) is 16.2 Å². The maximum absolute atomic E-state index is 4.67. The topological polar surface area (TPSA) is 12.0 Å². The van der Waals surface area contributed by atoms with Crippen molar-refractivity contribution < 1.29 is 19.2 Å². The van der Waals surface area contributed by atoms with Gasteiger partial charge in [0.05, 0.1) is 0 Å². The molecular weight excluding hydrogens is 541 g/mol. The number of rotatable bonds is 4. The number of hydrogen-bond acceptors (Lipinski definition) is 1. The minimum atomic E-state index is -1.91. The summed E-state index contributed by atoms with van der Waals surface area (Å²) in [6.07, 6.45) is 9.03. The molecule has 4 saturated carbocycles. The number of nitrogens with one attached hydrogen (secondary N) is 1. The average molecular weight is 582 g/mol. The van der Waals surface area contributed by atoms with Gasteiger partial charge in [0.15, 0.2) is 0 Å². The summed E-state index contributed by atoms with van der Waals surface area (Å²) >= 11 is -1.91. The second-order valence-corrected chi connectivity index (χ2v) is 53.8. The Kier molecular flexibility index (Phi) is 4.98. The molecule has 1 N–H and O–H groups in total. The molecule has 0 aliphatic heterocycles. The monoisotopic (exact) mass is 584 g/mol. The Morgan fingerprint density at radius 3 is 1.92 bits per heavy atom. The van der Waals surface area contributed by atoms with E-state index in [0.717, 1.165) is 11.8 Å². The molecule has 3 unspecified atom stereocenters. The molecule has 0 aromatic carbocycles. The zero-order chi connectivity index (χ0) is 19.1. The van der Waals surface area contributed by atoms with Crippen LogP contribution in [0, 0.1) is 22.7 Å². The molecule has 26 heavy (non-hydrogen) atoms. The molecule has 4 fully saturated rings. The van der Waals surface area contributed by atoms with Crippen molar-refractivity contribution in [3.05, 3.63) is 20.0 Å². The summed E-state index contributed by atoms with van der Waals surface area (Å²) in [7, 11) is -1.15. The van der Waals surface area contributed by atoms with Gasteiger partial charge in [0, 0.05) is 0 Å². The molecule has 3 heteroatoms. The first-order valence-electron chi connectivity index (χ1n) is 11.0. The van der Waals surface area contributed by atoms with Crippen molar-refractivity contribution in [2.75, 3.05) is 0 Å². The summed E-state index contributed by atoms with van der Waals surface area (Å²) in [5, 5.41) is 0. The first kappa shape index (κ1) is 20.1. The van der Waals surface area contributed by atoms with Crippen LogP contribution in [0.3, 0.4) is 0 Å². The third-order valence-electron chi connectivity index (χ3n) is 8.53. The van der Waals surface area contributed by atoms with Crippen LogP contribution in [0.1, 0.15) is 80.1 Å². The van der Waals surface area contributed by atoms with E-state index in [-0.39, 0.29) is 0 Å². The molecule has 5 rings (SSSR count). The Labute approximate surface area is 172 Å². The molecule has 3 atom stereocenters. The average Bonchev–Trinajstić information content (AvgIpc) is 2.65. The van der Waals surface area contributed by atoms with Crippen LogP contribution in [-0.2, 0) is 19.2 Å². The van der Waals surface area contributed by atoms with Gasteiger partial charge in [0.1, 0.15) is 0 Å². The fraction of sp³-hybridized carbons (Fsp3) is 0.826. The van der Waals surface area contributed by atoms with E-state index in [0.29, 0.717) is 16.4 Å². The van der Waals surface area contributed by atoms with E-state index < -0.39 is 29.9 Å². The molecule has 5 aliphatic rings. The number of allylic oxidation sites excluding steroid dienone is 4. The molecule has 0 spiro atoms. The van der Waals surface area contributed by atoms with Gasteiger partial charge in [-0.3, -0.25) is 0 Å². The minimum absolute atomic E-state index is 0.526. The molecule has 1 nitrogen and oxygen atoms in total. The van der Waals surface area contributed by atoms with Gasteiger partial charge >= 0.3 is 173 Å². The van der Waals surface area contributed by atoms with Crippen molar-refractivity contribution in [1.82, 2.24) is 3.30 Å². The van der Waals surface area contributed by atoms with Gasteiger partial charge in [-0.2, -0.15) is 0 Å². The molecule has 0 aromatic rings. The zero-order valence-corrected chi connectivity index (χ0v) is 24.5. The first-order chi connectivity index (χ1) is 12.0. The van der Waals surface area contributed by atoms with Gasteiger partial charge in [-0.25, -0.2) is 0 Å². The second kappa shape index (κ2) is 6.43. The molecule has 145 valence electrons. The molecule has 5 aliphatic carbocycles. The summed E-state index contributed by atoms with van der Waals surface area (Å²) in [6, 6.07) is 0. The van der Waals surface area contributed by atoms with Crippen LogP contribution >= 0.6 is 0 Å². The summed E-state index contributed by atoms with van der Waals surface area (Å²) in [5.74, 6) is 7.18. The van der Waals surface area contributed by atoms with Crippen LogP contribution in [0.25, 0.3) is 0 Å². The van der Waals surface area contributed by atoms with Crippen LogP contribution in [0.2, 0.25) is 11.5 Å². The van der Waals surface area contributed by atoms with E-state index in [1.165, 1.54) is 38.5 Å². The van der Waals surface area contributed by atoms with Gasteiger partial charge in [-0.05, 0) is 0 Å². The van der Waals surface area contributed by atoms with Crippen molar-refractivity contribution in [1.29, 1.82) is 0 Å². The molecule has 4 bridgehead atoms. The van der Waals surface area contributed by atoms with E-state index in [9.17, 15) is 0 Å². The predicted molar refractivity (Wildman–Crippen MR) is 112 cm³/mol. The molecule has 0 amide bonds. The van der Waals surface area contributed by atoms with Crippen LogP contribution in [0.15, 0.2) is 20.0 Å². The second-order valence-electron chi connectivity index (χ2n) is 11.7. The molecule has 0 aromatic heterocycles. The van der Waals surface area contributed by atoms with Gasteiger partial charge in [0.25, 0.3) is 0 Å². The molecule has 0 heterocycles. The third-order valence-corrected chi connectivity index (χ3v) is 48.2. The van der Waals surface area contributed by atoms with Crippen molar-refractivity contribution in [3.8, 4) is 0 Å². The SMILES string of the molecule is CC1=C(C)C(C)[C]([Hf]([NH]C23CC4CC(C)(CC(C)(C4)C2)C3)[GeH]([CH3])[CH3])=C1C. The normalized spacial score (nSPS) is 44.7. The Balaban J connectivity index is 1.67. The molecule has 0 saturated heterocycles. The summed E-state index contributed by atoms with van der Waals surface area (Å²) in [5.41, 5.74) is 6.82. The zero-order valence-electron chi connectivity index (χ0n) is 18.5. The van der Waals surface area contributed by atoms with E-state index in [1.807, 2.05) is 3.33 Å². The Hall–Kier alpha value is 0.853. The van der Waals surface area contributed by atoms with E-state index in [2.05, 4.69) is 56.4 Å². The first-order valence-corrected chi connectivity index (χ1v) is 31.4. The number of hydrogen-bond donors (Lipinski definition) is 1. The van der Waals surface area contributed by atoms with Crippen molar-refractivity contribution in [3.63, 3.8) is 0 Å². The summed E-state index contributed by atoms with van der Waals surface area (Å²) in [6.45, 7) is 15.0. The maximum atomic E-state index is 4.67. The van der Waals surface area contributed by atoms with E-state index >= 15 is 0 Å². The Morgan fingerprint density at radius 2 is 1.50 bits per heavy atom. The summed E-state index contributed by atoms with van der Waals surface area (Å²) < 4.78 is 6.66. The Bertz CT molecular complexity index is 672. The third kappa shape index (κ3) is 3.16. The molecule has 0 radical (unpaired) electrons. The van der Waals surface area contributed by atoms with Crippen molar-refractivity contribution in [2.24, 2.45) is 22.7 Å². The van der Waals surface area contributed by atoms with Gasteiger partial charge in [-0.1, -0.05) is 0 Å². The van der Waals surface area contributed by atoms with E-state index in [4.69, 9.17) is 0 Å². The van der Waals surface area contributed by atoms with Crippen molar-refractivity contribution >= 4 is 10.6 Å². The fourth-order valence-electron chi connectivity index (χ4n) is 8.19. The quantitative estimate of drug-likeness (QED) is 0.396. The summed E-state index contributed by atoms with van der Waals surface area (Å²) in [4.78, 5) is 0.